The van der Waals surface area contributed by atoms with Gasteiger partial charge in [0, 0.05) is 39.1 Å². The molecule has 1 fully saturated rings. The lowest BCUT2D eigenvalue weighted by atomic mass is 10.0. The molecule has 1 aliphatic rings. The van der Waals surface area contributed by atoms with Gasteiger partial charge in [-0.3, -0.25) is 14.5 Å². The van der Waals surface area contributed by atoms with Gasteiger partial charge in [-0.05, 0) is 19.2 Å². The van der Waals surface area contributed by atoms with Crippen LogP contribution in [0.25, 0.3) is 0 Å². The molecule has 1 aliphatic heterocycles. The van der Waals surface area contributed by atoms with E-state index in [2.05, 4.69) is 15.1 Å². The predicted molar refractivity (Wildman–Crippen MR) is 84.7 cm³/mol. The van der Waals surface area contributed by atoms with Crippen molar-refractivity contribution in [3.8, 4) is 0 Å². The van der Waals surface area contributed by atoms with Gasteiger partial charge in [0.1, 0.15) is 5.82 Å². The van der Waals surface area contributed by atoms with Crippen molar-refractivity contribution in [2.45, 2.75) is 6.42 Å². The number of benzene rings is 1. The van der Waals surface area contributed by atoms with E-state index >= 15 is 0 Å². The molecule has 7 heteroatoms. The van der Waals surface area contributed by atoms with E-state index in [1.807, 2.05) is 7.05 Å². The van der Waals surface area contributed by atoms with Crippen LogP contribution in [0.5, 0.6) is 0 Å². The predicted octanol–water partition coefficient (Wildman–Crippen LogP) is 1.10. The number of carboxylic acids is 1. The number of hydrogen-bond acceptors (Lipinski definition) is 4. The van der Waals surface area contributed by atoms with E-state index < -0.39 is 23.6 Å². The van der Waals surface area contributed by atoms with Crippen molar-refractivity contribution in [2.75, 3.05) is 45.1 Å². The first-order valence-corrected chi connectivity index (χ1v) is 7.64. The van der Waals surface area contributed by atoms with Crippen LogP contribution in [-0.2, 0) is 9.59 Å². The lowest BCUT2D eigenvalue weighted by Gasteiger charge is -2.33. The number of rotatable bonds is 6. The number of carbonyl (C=O) groups excluding carboxylic acids is 1. The molecular formula is C16H22FN3O3. The van der Waals surface area contributed by atoms with E-state index in [9.17, 15) is 19.1 Å². The Labute approximate surface area is 134 Å². The fraction of sp³-hybridized carbons (Fsp3) is 0.500. The SMILES string of the molecule is CN1CCN(C[C@H](CC(=O)Nc2ccccc2F)C(=O)O)CC1. The summed E-state index contributed by atoms with van der Waals surface area (Å²) in [6.45, 7) is 3.67. The molecule has 6 nitrogen and oxygen atoms in total. The number of anilines is 1. The van der Waals surface area contributed by atoms with Crippen molar-refractivity contribution in [3.05, 3.63) is 30.1 Å². The number of hydrogen-bond donors (Lipinski definition) is 2. The van der Waals surface area contributed by atoms with Gasteiger partial charge in [0.05, 0.1) is 11.6 Å². The number of amides is 1. The lowest BCUT2D eigenvalue weighted by molar-refractivity contribution is -0.144. The minimum Gasteiger partial charge on any atom is -0.481 e. The summed E-state index contributed by atoms with van der Waals surface area (Å²) in [4.78, 5) is 27.6. The van der Waals surface area contributed by atoms with Crippen molar-refractivity contribution in [1.82, 2.24) is 9.80 Å². The molecule has 0 aliphatic carbocycles. The summed E-state index contributed by atoms with van der Waals surface area (Å²) in [5.41, 5.74) is 0.0706. The summed E-state index contributed by atoms with van der Waals surface area (Å²) in [5.74, 6) is -2.83. The fourth-order valence-electron chi connectivity index (χ4n) is 2.56. The third-order valence-electron chi connectivity index (χ3n) is 4.00. The summed E-state index contributed by atoms with van der Waals surface area (Å²) in [7, 11) is 2.02. The lowest BCUT2D eigenvalue weighted by Crippen LogP contribution is -2.47. The van der Waals surface area contributed by atoms with Crippen molar-refractivity contribution in [2.24, 2.45) is 5.92 Å². The van der Waals surface area contributed by atoms with E-state index in [0.29, 0.717) is 6.54 Å². The normalized spacial score (nSPS) is 17.7. The molecule has 1 saturated heterocycles. The third-order valence-corrected chi connectivity index (χ3v) is 4.00. The Morgan fingerprint density at radius 2 is 1.91 bits per heavy atom. The molecule has 0 bridgehead atoms. The van der Waals surface area contributed by atoms with E-state index in [1.165, 1.54) is 18.2 Å². The van der Waals surface area contributed by atoms with Gasteiger partial charge in [-0.25, -0.2) is 4.39 Å². The molecule has 1 aromatic rings. The Kier molecular flexibility index (Phi) is 6.06. The molecule has 126 valence electrons. The van der Waals surface area contributed by atoms with Gasteiger partial charge in [0.25, 0.3) is 0 Å². The van der Waals surface area contributed by atoms with E-state index in [-0.39, 0.29) is 12.1 Å². The molecule has 1 atom stereocenters. The molecular weight excluding hydrogens is 301 g/mol. The van der Waals surface area contributed by atoms with Crippen LogP contribution in [0.1, 0.15) is 6.42 Å². The summed E-state index contributed by atoms with van der Waals surface area (Å²) < 4.78 is 13.5. The summed E-state index contributed by atoms with van der Waals surface area (Å²) in [5, 5.41) is 11.8. The van der Waals surface area contributed by atoms with Crippen LogP contribution in [0.15, 0.2) is 24.3 Å². The standard InChI is InChI=1S/C16H22FN3O3/c1-19-6-8-20(9-7-19)11-12(16(22)23)10-15(21)18-14-5-3-2-4-13(14)17/h2-5,12H,6-11H2,1H3,(H,18,21)(H,22,23)/t12-/m0/s1. The number of nitrogens with zero attached hydrogens (tertiary/aromatic N) is 2. The number of nitrogens with one attached hydrogen (secondary N) is 1. The Bertz CT molecular complexity index is 559. The second-order valence-corrected chi connectivity index (χ2v) is 5.87. The fourth-order valence-corrected chi connectivity index (χ4v) is 2.56. The van der Waals surface area contributed by atoms with Crippen LogP contribution >= 0.6 is 0 Å². The molecule has 0 unspecified atom stereocenters. The summed E-state index contributed by atoms with van der Waals surface area (Å²) in [6.07, 6.45) is -0.171. The van der Waals surface area contributed by atoms with E-state index in [1.54, 1.807) is 6.07 Å². The molecule has 2 rings (SSSR count). The number of likely N-dealkylation sites (N-methyl/N-ethyl adjacent to an activating group) is 1. The number of halogens is 1. The highest BCUT2D eigenvalue weighted by atomic mass is 19.1. The highest BCUT2D eigenvalue weighted by Crippen LogP contribution is 2.15. The van der Waals surface area contributed by atoms with Gasteiger partial charge < -0.3 is 15.3 Å². The molecule has 0 spiro atoms. The van der Waals surface area contributed by atoms with E-state index in [0.717, 1.165) is 26.2 Å². The second-order valence-electron chi connectivity index (χ2n) is 5.87. The first-order valence-electron chi connectivity index (χ1n) is 7.64. The highest BCUT2D eigenvalue weighted by Gasteiger charge is 2.26. The van der Waals surface area contributed by atoms with Crippen LogP contribution in [0, 0.1) is 11.7 Å². The highest BCUT2D eigenvalue weighted by molar-refractivity contribution is 5.93. The first kappa shape index (κ1) is 17.4. The topological polar surface area (TPSA) is 72.9 Å². The van der Waals surface area contributed by atoms with Crippen LogP contribution in [-0.4, -0.2) is 66.6 Å². The minimum absolute atomic E-state index is 0.0706. The molecule has 2 N–H and O–H groups in total. The number of carboxylic acid groups (broad SMARTS) is 1. The maximum absolute atomic E-state index is 13.5. The Balaban J connectivity index is 1.90. The first-order chi connectivity index (χ1) is 11.0. The molecule has 0 saturated carbocycles. The van der Waals surface area contributed by atoms with Crippen LogP contribution in [0.3, 0.4) is 0 Å². The maximum Gasteiger partial charge on any atom is 0.308 e. The summed E-state index contributed by atoms with van der Waals surface area (Å²) in [6, 6.07) is 5.83. The summed E-state index contributed by atoms with van der Waals surface area (Å²) >= 11 is 0. The quantitative estimate of drug-likeness (QED) is 0.820. The van der Waals surface area contributed by atoms with Gasteiger partial charge in [-0.15, -0.1) is 0 Å². The minimum atomic E-state index is -1.01. The Morgan fingerprint density at radius 3 is 2.52 bits per heavy atom. The van der Waals surface area contributed by atoms with Gasteiger partial charge in [-0.2, -0.15) is 0 Å². The van der Waals surface area contributed by atoms with Gasteiger partial charge in [0.2, 0.25) is 5.91 Å². The molecule has 1 heterocycles. The Hall–Kier alpha value is -1.99. The molecule has 1 aromatic carbocycles. The average Bonchev–Trinajstić information content (AvgIpc) is 2.51. The van der Waals surface area contributed by atoms with Gasteiger partial charge in [-0.1, -0.05) is 12.1 Å². The largest absolute Gasteiger partial charge is 0.481 e. The zero-order chi connectivity index (χ0) is 16.8. The molecule has 0 aromatic heterocycles. The van der Waals surface area contributed by atoms with Gasteiger partial charge >= 0.3 is 5.97 Å². The average molecular weight is 323 g/mol. The zero-order valence-electron chi connectivity index (χ0n) is 13.2. The van der Waals surface area contributed by atoms with Gasteiger partial charge in [0.15, 0.2) is 0 Å². The second kappa shape index (κ2) is 8.03. The number of piperazine rings is 1. The van der Waals surface area contributed by atoms with Crippen LogP contribution in [0.4, 0.5) is 10.1 Å². The van der Waals surface area contributed by atoms with E-state index in [4.69, 9.17) is 0 Å². The number of aliphatic carboxylic acids is 1. The van der Waals surface area contributed by atoms with Crippen molar-refractivity contribution >= 4 is 17.6 Å². The smallest absolute Gasteiger partial charge is 0.308 e. The van der Waals surface area contributed by atoms with Crippen LogP contribution < -0.4 is 5.32 Å². The number of para-hydroxylation sites is 1. The maximum atomic E-state index is 13.5. The molecule has 1 amide bonds. The third kappa shape index (κ3) is 5.30. The molecule has 23 heavy (non-hydrogen) atoms. The van der Waals surface area contributed by atoms with Crippen molar-refractivity contribution in [1.29, 1.82) is 0 Å². The van der Waals surface area contributed by atoms with Crippen LogP contribution in [0.2, 0.25) is 0 Å². The van der Waals surface area contributed by atoms with Crippen molar-refractivity contribution < 1.29 is 19.1 Å². The monoisotopic (exact) mass is 323 g/mol. The number of carbonyl (C=O) groups is 2. The zero-order valence-corrected chi connectivity index (χ0v) is 13.2. The van der Waals surface area contributed by atoms with Crippen molar-refractivity contribution in [3.63, 3.8) is 0 Å². The Morgan fingerprint density at radius 1 is 1.26 bits per heavy atom. The molecule has 0 radical (unpaired) electrons.